The van der Waals surface area contributed by atoms with Crippen LogP contribution in [0.2, 0.25) is 0 Å². The van der Waals surface area contributed by atoms with Gasteiger partial charge in [-0.1, -0.05) is 6.07 Å². The lowest BCUT2D eigenvalue weighted by Crippen LogP contribution is -2.06. The molecule has 6 nitrogen and oxygen atoms in total. The van der Waals surface area contributed by atoms with E-state index in [1.807, 2.05) is 0 Å². The molecule has 0 aliphatic carbocycles. The van der Waals surface area contributed by atoms with Crippen molar-refractivity contribution in [1.29, 1.82) is 0 Å². The molecular weight excluding hydrogens is 324 g/mol. The number of rotatable bonds is 5. The second-order valence-corrected chi connectivity index (χ2v) is 4.48. The average molecular weight is 335 g/mol. The summed E-state index contributed by atoms with van der Waals surface area (Å²) in [6, 6.07) is 6.89. The van der Waals surface area contributed by atoms with Crippen LogP contribution in [0.5, 0.6) is 11.5 Å². The molecule has 8 heteroatoms. The van der Waals surface area contributed by atoms with Crippen molar-refractivity contribution in [2.45, 2.75) is 0 Å². The topological polar surface area (TPSA) is 78.7 Å². The summed E-state index contributed by atoms with van der Waals surface area (Å²) in [5.41, 5.74) is -0.896. The first-order valence-electron chi connectivity index (χ1n) is 6.58. The molecule has 0 spiro atoms. The molecule has 2 aromatic carbocycles. The van der Waals surface area contributed by atoms with E-state index in [4.69, 9.17) is 9.47 Å². The van der Waals surface area contributed by atoms with Crippen molar-refractivity contribution in [1.82, 2.24) is 0 Å². The largest absolute Gasteiger partial charge is 0.496 e. The highest BCUT2D eigenvalue weighted by atomic mass is 19.1. The van der Waals surface area contributed by atoms with E-state index in [2.05, 4.69) is 0 Å². The van der Waals surface area contributed by atoms with Crippen molar-refractivity contribution < 1.29 is 28.0 Å². The van der Waals surface area contributed by atoms with E-state index >= 15 is 0 Å². The molecule has 0 N–H and O–H groups in total. The normalized spacial score (nSPS) is 10.6. The lowest BCUT2D eigenvalue weighted by Gasteiger charge is -2.05. The van der Waals surface area contributed by atoms with E-state index in [1.165, 1.54) is 25.3 Å². The Balaban J connectivity index is 2.21. The summed E-state index contributed by atoms with van der Waals surface area (Å²) >= 11 is 0. The fourth-order valence-electron chi connectivity index (χ4n) is 1.82. The highest BCUT2D eigenvalue weighted by Gasteiger charge is 2.18. The Kier molecular flexibility index (Phi) is 5.20. The Labute approximate surface area is 135 Å². The molecule has 2 rings (SSSR count). The van der Waals surface area contributed by atoms with Crippen LogP contribution in [0.25, 0.3) is 6.08 Å². The molecule has 0 aliphatic heterocycles. The monoisotopic (exact) mass is 335 g/mol. The number of hydrogen-bond acceptors (Lipinski definition) is 5. The van der Waals surface area contributed by atoms with E-state index in [-0.39, 0.29) is 11.5 Å². The van der Waals surface area contributed by atoms with Crippen LogP contribution in [-0.4, -0.2) is 18.0 Å². The molecule has 24 heavy (non-hydrogen) atoms. The molecule has 0 amide bonds. The van der Waals surface area contributed by atoms with Gasteiger partial charge in [-0.05, 0) is 30.3 Å². The maximum Gasteiger partial charge on any atom is 0.336 e. The number of nitrogens with zero attached hydrogens (tertiary/aromatic N) is 1. The maximum absolute atomic E-state index is 13.4. The first-order chi connectivity index (χ1) is 11.4. The number of esters is 1. The Bertz CT molecular complexity index is 800. The second-order valence-electron chi connectivity index (χ2n) is 4.48. The van der Waals surface area contributed by atoms with Gasteiger partial charge in [-0.3, -0.25) is 10.1 Å². The van der Waals surface area contributed by atoms with E-state index < -0.39 is 33.8 Å². The van der Waals surface area contributed by atoms with Crippen molar-refractivity contribution in [3.63, 3.8) is 0 Å². The van der Waals surface area contributed by atoms with Gasteiger partial charge in [0.2, 0.25) is 5.75 Å². The standard InChI is InChI=1S/C16H11F2NO5/c1-23-10-5-7-15(14(9-10)19(21)22)24-16(20)8-6-11-12(17)3-2-4-13(11)18/h2-9H,1H3/b8-6+. The fraction of sp³-hybridized carbons (Fsp3) is 0.0625. The summed E-state index contributed by atoms with van der Waals surface area (Å²) in [4.78, 5) is 22.0. The van der Waals surface area contributed by atoms with Crippen LogP contribution >= 0.6 is 0 Å². The zero-order valence-electron chi connectivity index (χ0n) is 12.4. The summed E-state index contributed by atoms with van der Waals surface area (Å²) in [5, 5.41) is 11.0. The molecule has 0 fully saturated rings. The van der Waals surface area contributed by atoms with Gasteiger partial charge in [-0.2, -0.15) is 0 Å². The molecule has 0 bridgehead atoms. The van der Waals surface area contributed by atoms with Gasteiger partial charge in [-0.15, -0.1) is 0 Å². The number of benzene rings is 2. The van der Waals surface area contributed by atoms with Crippen LogP contribution in [0.15, 0.2) is 42.5 Å². The number of carbonyl (C=O) groups excluding carboxylic acids is 1. The Morgan fingerprint density at radius 1 is 1.21 bits per heavy atom. The predicted octanol–water partition coefficient (Wildman–Crippen LogP) is 3.50. The lowest BCUT2D eigenvalue weighted by molar-refractivity contribution is -0.385. The van der Waals surface area contributed by atoms with Gasteiger partial charge >= 0.3 is 11.7 Å². The summed E-state index contributed by atoms with van der Waals surface area (Å²) in [6.45, 7) is 0. The minimum atomic E-state index is -1.02. The maximum atomic E-state index is 13.4. The molecule has 0 heterocycles. The summed E-state index contributed by atoms with van der Waals surface area (Å²) in [6.07, 6.45) is 1.66. The molecule has 0 radical (unpaired) electrons. The number of nitro groups is 1. The molecular formula is C16H11F2NO5. The number of ether oxygens (including phenoxy) is 2. The zero-order valence-corrected chi connectivity index (χ0v) is 12.4. The van der Waals surface area contributed by atoms with E-state index in [1.54, 1.807) is 0 Å². The predicted molar refractivity (Wildman–Crippen MR) is 80.7 cm³/mol. The van der Waals surface area contributed by atoms with Gasteiger partial charge in [0.05, 0.1) is 18.1 Å². The van der Waals surface area contributed by atoms with Gasteiger partial charge < -0.3 is 9.47 Å². The zero-order chi connectivity index (χ0) is 17.7. The van der Waals surface area contributed by atoms with Crippen LogP contribution in [-0.2, 0) is 4.79 Å². The first kappa shape index (κ1) is 17.1. The summed E-state index contributed by atoms with van der Waals surface area (Å²) in [5.74, 6) is -2.83. The molecule has 2 aromatic rings. The minimum Gasteiger partial charge on any atom is -0.496 e. The highest BCUT2D eigenvalue weighted by Crippen LogP contribution is 2.31. The molecule has 0 saturated carbocycles. The van der Waals surface area contributed by atoms with E-state index in [0.717, 1.165) is 30.4 Å². The lowest BCUT2D eigenvalue weighted by atomic mass is 10.2. The third kappa shape index (κ3) is 3.92. The summed E-state index contributed by atoms with van der Waals surface area (Å²) in [7, 11) is 1.33. The third-order valence-corrected chi connectivity index (χ3v) is 2.96. The smallest absolute Gasteiger partial charge is 0.336 e. The molecule has 0 aliphatic rings. The first-order valence-corrected chi connectivity index (χ1v) is 6.58. The quantitative estimate of drug-likeness (QED) is 0.275. The SMILES string of the molecule is COc1ccc(OC(=O)/C=C/c2c(F)cccc2F)c([N+](=O)[O-])c1. The van der Waals surface area contributed by atoms with Crippen LogP contribution in [0, 0.1) is 21.7 Å². The van der Waals surface area contributed by atoms with E-state index in [0.29, 0.717) is 0 Å². The van der Waals surface area contributed by atoms with Crippen molar-refractivity contribution >= 4 is 17.7 Å². The minimum absolute atomic E-state index is 0.213. The molecule has 0 aromatic heterocycles. The average Bonchev–Trinajstić information content (AvgIpc) is 2.54. The molecule has 124 valence electrons. The Hall–Kier alpha value is -3.29. The Morgan fingerprint density at radius 3 is 2.46 bits per heavy atom. The fourth-order valence-corrected chi connectivity index (χ4v) is 1.82. The highest BCUT2D eigenvalue weighted by molar-refractivity contribution is 5.89. The third-order valence-electron chi connectivity index (χ3n) is 2.96. The van der Waals surface area contributed by atoms with Gasteiger partial charge in [0, 0.05) is 11.6 Å². The van der Waals surface area contributed by atoms with Gasteiger partial charge in [-0.25, -0.2) is 13.6 Å². The van der Waals surface area contributed by atoms with Crippen LogP contribution in [0.4, 0.5) is 14.5 Å². The number of halogens is 2. The van der Waals surface area contributed by atoms with Crippen molar-refractivity contribution in [3.8, 4) is 11.5 Å². The van der Waals surface area contributed by atoms with Crippen LogP contribution in [0.3, 0.4) is 0 Å². The van der Waals surface area contributed by atoms with Crippen molar-refractivity contribution in [2.75, 3.05) is 7.11 Å². The van der Waals surface area contributed by atoms with Crippen molar-refractivity contribution in [3.05, 3.63) is 69.8 Å². The van der Waals surface area contributed by atoms with Crippen molar-refractivity contribution in [2.24, 2.45) is 0 Å². The molecule has 0 saturated heterocycles. The number of methoxy groups -OCH3 is 1. The van der Waals surface area contributed by atoms with Gasteiger partial charge in [0.25, 0.3) is 0 Å². The van der Waals surface area contributed by atoms with Crippen LogP contribution in [0.1, 0.15) is 5.56 Å². The van der Waals surface area contributed by atoms with Gasteiger partial charge in [0.15, 0.2) is 0 Å². The molecule has 0 atom stereocenters. The molecule has 0 unspecified atom stereocenters. The summed E-state index contributed by atoms with van der Waals surface area (Å²) < 4.78 is 36.6. The number of nitro benzene ring substituents is 1. The number of hydrogen-bond donors (Lipinski definition) is 0. The van der Waals surface area contributed by atoms with Crippen LogP contribution < -0.4 is 9.47 Å². The Morgan fingerprint density at radius 2 is 1.88 bits per heavy atom. The number of carbonyl (C=O) groups is 1. The second kappa shape index (κ2) is 7.32. The van der Waals surface area contributed by atoms with Gasteiger partial charge in [0.1, 0.15) is 17.4 Å². The van der Waals surface area contributed by atoms with E-state index in [9.17, 15) is 23.7 Å².